The average molecular weight is 173 g/mol. The Morgan fingerprint density at radius 2 is 2.23 bits per heavy atom. The van der Waals surface area contributed by atoms with Crippen molar-refractivity contribution in [2.45, 2.75) is 13.5 Å². The van der Waals surface area contributed by atoms with Crippen molar-refractivity contribution in [3.8, 4) is 0 Å². The normalized spacial score (nSPS) is 10.6. The second-order valence-electron chi connectivity index (χ2n) is 2.83. The molecule has 0 radical (unpaired) electrons. The van der Waals surface area contributed by atoms with E-state index in [0.717, 1.165) is 11.1 Å². The molecule has 13 heavy (non-hydrogen) atoms. The number of hydrogen-bond donors (Lipinski definition) is 1. The summed E-state index contributed by atoms with van der Waals surface area (Å²) >= 11 is 0. The van der Waals surface area contributed by atoms with Gasteiger partial charge in [-0.15, -0.1) is 0 Å². The van der Waals surface area contributed by atoms with E-state index in [-0.39, 0.29) is 0 Å². The monoisotopic (exact) mass is 173 g/mol. The predicted molar refractivity (Wildman–Crippen MR) is 59.1 cm³/mol. The van der Waals surface area contributed by atoms with Crippen molar-refractivity contribution in [2.24, 2.45) is 5.73 Å². The lowest BCUT2D eigenvalue weighted by Crippen LogP contribution is -1.99. The Morgan fingerprint density at radius 3 is 2.77 bits per heavy atom. The largest absolute Gasteiger partial charge is 0.326 e. The van der Waals surface area contributed by atoms with E-state index in [1.54, 1.807) is 0 Å². The summed E-state index contributed by atoms with van der Waals surface area (Å²) in [7, 11) is 0. The van der Waals surface area contributed by atoms with Crippen molar-refractivity contribution in [1.29, 1.82) is 0 Å². The summed E-state index contributed by atoms with van der Waals surface area (Å²) in [5.74, 6) is 0. The van der Waals surface area contributed by atoms with Gasteiger partial charge in [0.25, 0.3) is 0 Å². The van der Waals surface area contributed by atoms with Crippen LogP contribution in [0.5, 0.6) is 0 Å². The molecule has 1 aromatic carbocycles. The fraction of sp³-hybridized carbons (Fsp3) is 0.167. The highest BCUT2D eigenvalue weighted by Gasteiger charge is 2.00. The van der Waals surface area contributed by atoms with Gasteiger partial charge in [0.05, 0.1) is 0 Å². The molecule has 0 fully saturated rings. The van der Waals surface area contributed by atoms with Crippen molar-refractivity contribution in [1.82, 2.24) is 0 Å². The average Bonchev–Trinajstić information content (AvgIpc) is 2.18. The highest BCUT2D eigenvalue weighted by atomic mass is 14.5. The molecule has 0 saturated heterocycles. The molecule has 0 saturated carbocycles. The lowest BCUT2D eigenvalue weighted by molar-refractivity contribution is 1.06. The van der Waals surface area contributed by atoms with E-state index < -0.39 is 0 Å². The van der Waals surface area contributed by atoms with Crippen LogP contribution in [0.2, 0.25) is 0 Å². The Hall–Kier alpha value is -1.34. The number of allylic oxidation sites excluding steroid dienone is 1. The second-order valence-corrected chi connectivity index (χ2v) is 2.83. The first-order valence-electron chi connectivity index (χ1n) is 4.40. The van der Waals surface area contributed by atoms with Gasteiger partial charge in [-0.2, -0.15) is 0 Å². The van der Waals surface area contributed by atoms with E-state index in [4.69, 9.17) is 5.73 Å². The first kappa shape index (κ1) is 9.75. The van der Waals surface area contributed by atoms with Gasteiger partial charge in [-0.25, -0.2) is 0 Å². The Bertz CT molecular complexity index is 324. The van der Waals surface area contributed by atoms with Gasteiger partial charge in [0.1, 0.15) is 0 Å². The molecule has 0 atom stereocenters. The Labute approximate surface area is 79.6 Å². The quantitative estimate of drug-likeness (QED) is 0.747. The maximum Gasteiger partial charge on any atom is 0.0184 e. The fourth-order valence-corrected chi connectivity index (χ4v) is 1.36. The van der Waals surface area contributed by atoms with E-state index in [0.29, 0.717) is 6.54 Å². The van der Waals surface area contributed by atoms with E-state index in [9.17, 15) is 0 Å². The predicted octanol–water partition coefficient (Wildman–Crippen LogP) is 2.82. The van der Waals surface area contributed by atoms with Gasteiger partial charge in [0.15, 0.2) is 0 Å². The molecule has 1 rings (SSSR count). The molecule has 0 bridgehead atoms. The molecule has 0 aliphatic rings. The molecule has 0 aliphatic carbocycles. The molecule has 1 heteroatoms. The molecule has 2 N–H and O–H groups in total. The summed E-state index contributed by atoms with van der Waals surface area (Å²) in [5, 5.41) is 0. The highest BCUT2D eigenvalue weighted by Crippen LogP contribution is 2.17. The molecular weight excluding hydrogens is 158 g/mol. The summed E-state index contributed by atoms with van der Waals surface area (Å²) in [6, 6.07) is 6.09. The first-order valence-corrected chi connectivity index (χ1v) is 4.40. The van der Waals surface area contributed by atoms with Crippen LogP contribution in [0.3, 0.4) is 0 Å². The van der Waals surface area contributed by atoms with Gasteiger partial charge >= 0.3 is 0 Å². The highest BCUT2D eigenvalue weighted by molar-refractivity contribution is 5.67. The smallest absolute Gasteiger partial charge is 0.0184 e. The number of nitrogens with two attached hydrogens (primary N) is 1. The van der Waals surface area contributed by atoms with Crippen LogP contribution in [-0.4, -0.2) is 0 Å². The van der Waals surface area contributed by atoms with Gasteiger partial charge in [-0.1, -0.05) is 43.0 Å². The van der Waals surface area contributed by atoms with E-state index in [1.165, 1.54) is 5.56 Å². The van der Waals surface area contributed by atoms with Gasteiger partial charge in [0, 0.05) is 6.54 Å². The fourth-order valence-electron chi connectivity index (χ4n) is 1.36. The van der Waals surface area contributed by atoms with Crippen molar-refractivity contribution < 1.29 is 0 Å². The molecule has 0 unspecified atom stereocenters. The summed E-state index contributed by atoms with van der Waals surface area (Å²) in [6.07, 6.45) is 5.94. The molecular formula is C12H15N. The van der Waals surface area contributed by atoms with Crippen LogP contribution >= 0.6 is 0 Å². The van der Waals surface area contributed by atoms with Crippen LogP contribution in [0.4, 0.5) is 0 Å². The minimum absolute atomic E-state index is 0.571. The maximum absolute atomic E-state index is 5.64. The standard InChI is InChI=1S/C12H15N/c1-3-6-12-10(4-2)7-5-8-11(12)9-13/h3-8H,2,9,13H2,1H3/b6-3-. The van der Waals surface area contributed by atoms with Crippen LogP contribution in [0.1, 0.15) is 23.6 Å². The summed E-state index contributed by atoms with van der Waals surface area (Å²) in [4.78, 5) is 0. The van der Waals surface area contributed by atoms with Crippen LogP contribution < -0.4 is 5.73 Å². The molecule has 0 aromatic heterocycles. The number of rotatable bonds is 3. The van der Waals surface area contributed by atoms with E-state index in [1.807, 2.05) is 37.3 Å². The number of hydrogen-bond acceptors (Lipinski definition) is 1. The Balaban J connectivity index is 3.28. The van der Waals surface area contributed by atoms with E-state index in [2.05, 4.69) is 12.7 Å². The molecule has 0 heterocycles. The molecule has 0 spiro atoms. The molecule has 0 amide bonds. The Morgan fingerprint density at radius 1 is 1.46 bits per heavy atom. The zero-order valence-corrected chi connectivity index (χ0v) is 7.96. The minimum Gasteiger partial charge on any atom is -0.326 e. The van der Waals surface area contributed by atoms with E-state index >= 15 is 0 Å². The van der Waals surface area contributed by atoms with Gasteiger partial charge in [-0.05, 0) is 23.6 Å². The summed E-state index contributed by atoms with van der Waals surface area (Å²) in [5.41, 5.74) is 9.12. The van der Waals surface area contributed by atoms with Crippen molar-refractivity contribution in [3.05, 3.63) is 47.5 Å². The molecule has 0 aliphatic heterocycles. The summed E-state index contributed by atoms with van der Waals surface area (Å²) < 4.78 is 0. The van der Waals surface area contributed by atoms with Crippen molar-refractivity contribution >= 4 is 12.2 Å². The van der Waals surface area contributed by atoms with Crippen LogP contribution in [0.25, 0.3) is 12.2 Å². The van der Waals surface area contributed by atoms with Crippen LogP contribution in [0.15, 0.2) is 30.9 Å². The Kier molecular flexibility index (Phi) is 3.47. The number of benzene rings is 1. The molecule has 1 aromatic rings. The molecule has 68 valence electrons. The van der Waals surface area contributed by atoms with Crippen molar-refractivity contribution in [2.75, 3.05) is 0 Å². The zero-order chi connectivity index (χ0) is 9.68. The molecule has 1 nitrogen and oxygen atoms in total. The SMILES string of the molecule is C=Cc1cccc(CN)c1/C=C\C. The lowest BCUT2D eigenvalue weighted by Gasteiger charge is -2.06. The zero-order valence-electron chi connectivity index (χ0n) is 7.96. The maximum atomic E-state index is 5.64. The van der Waals surface area contributed by atoms with Gasteiger partial charge in [-0.3, -0.25) is 0 Å². The van der Waals surface area contributed by atoms with Gasteiger partial charge < -0.3 is 5.73 Å². The van der Waals surface area contributed by atoms with Gasteiger partial charge in [0.2, 0.25) is 0 Å². The third-order valence-electron chi connectivity index (χ3n) is 2.00. The lowest BCUT2D eigenvalue weighted by atomic mass is 10.0. The minimum atomic E-state index is 0.571. The third kappa shape index (κ3) is 2.07. The van der Waals surface area contributed by atoms with Crippen molar-refractivity contribution in [3.63, 3.8) is 0 Å². The van der Waals surface area contributed by atoms with Crippen LogP contribution in [-0.2, 0) is 6.54 Å². The second kappa shape index (κ2) is 4.63. The topological polar surface area (TPSA) is 26.0 Å². The third-order valence-corrected chi connectivity index (χ3v) is 2.00. The van der Waals surface area contributed by atoms with Crippen LogP contribution in [0, 0.1) is 0 Å². The first-order chi connectivity index (χ1) is 6.33. The summed E-state index contributed by atoms with van der Waals surface area (Å²) in [6.45, 7) is 6.35.